The van der Waals surface area contributed by atoms with Gasteiger partial charge in [-0.1, -0.05) is 0 Å². The molecule has 1 saturated heterocycles. The van der Waals surface area contributed by atoms with Crippen molar-refractivity contribution in [2.24, 2.45) is 0 Å². The summed E-state index contributed by atoms with van der Waals surface area (Å²) in [5, 5.41) is 6.20. The van der Waals surface area contributed by atoms with Crippen LogP contribution in [0.15, 0.2) is 23.8 Å². The average molecular weight is 384 g/mol. The fourth-order valence-electron chi connectivity index (χ4n) is 3.28. The van der Waals surface area contributed by atoms with E-state index in [2.05, 4.69) is 25.3 Å². The molecule has 0 saturated carbocycles. The van der Waals surface area contributed by atoms with Gasteiger partial charge in [-0.05, 0) is 32.9 Å². The number of aryl methyl sites for hydroxylation is 1. The lowest BCUT2D eigenvalue weighted by molar-refractivity contribution is 0.0520. The third kappa shape index (κ3) is 3.60. The first-order chi connectivity index (χ1) is 13.2. The molecule has 0 aromatic carbocycles. The highest BCUT2D eigenvalue weighted by atomic mass is 32.1. The van der Waals surface area contributed by atoms with Crippen LogP contribution in [0.3, 0.4) is 0 Å². The van der Waals surface area contributed by atoms with Gasteiger partial charge in [0.2, 0.25) is 0 Å². The fourth-order valence-corrected chi connectivity index (χ4v) is 4.24. The molecule has 4 heterocycles. The molecule has 0 amide bonds. The second-order valence-electron chi connectivity index (χ2n) is 6.31. The lowest BCUT2D eigenvalue weighted by Crippen LogP contribution is -2.19. The summed E-state index contributed by atoms with van der Waals surface area (Å²) < 4.78 is 5.05. The Morgan fingerprint density at radius 1 is 1.37 bits per heavy atom. The highest BCUT2D eigenvalue weighted by molar-refractivity contribution is 7.09. The number of thiazole rings is 1. The van der Waals surface area contributed by atoms with Crippen LogP contribution in [0.4, 0.5) is 0 Å². The van der Waals surface area contributed by atoms with Gasteiger partial charge in [-0.25, -0.2) is 24.7 Å². The summed E-state index contributed by atoms with van der Waals surface area (Å²) in [5.41, 5.74) is 2.16. The van der Waals surface area contributed by atoms with Gasteiger partial charge in [0.25, 0.3) is 0 Å². The lowest BCUT2D eigenvalue weighted by atomic mass is 9.98. The number of nitrogens with one attached hydrogen (secondary N) is 2. The number of imidazole rings is 1. The highest BCUT2D eigenvalue weighted by Gasteiger charge is 2.33. The van der Waals surface area contributed by atoms with Crippen molar-refractivity contribution < 1.29 is 9.53 Å². The predicted octanol–water partition coefficient (Wildman–Crippen LogP) is 2.63. The molecular formula is C18H20N6O2S. The van der Waals surface area contributed by atoms with Crippen molar-refractivity contribution in [2.75, 3.05) is 13.2 Å². The number of H-pyrrole nitrogens is 1. The highest BCUT2D eigenvalue weighted by Crippen LogP contribution is 2.38. The molecular weight excluding hydrogens is 364 g/mol. The molecule has 0 spiro atoms. The Labute approximate surface area is 160 Å². The second kappa shape index (κ2) is 7.53. The number of carbonyl (C=O) groups excluding carboxylic acids is 1. The van der Waals surface area contributed by atoms with Gasteiger partial charge >= 0.3 is 5.97 Å². The summed E-state index contributed by atoms with van der Waals surface area (Å²) in [6.45, 7) is 4.94. The maximum absolute atomic E-state index is 11.9. The Morgan fingerprint density at radius 2 is 2.26 bits per heavy atom. The van der Waals surface area contributed by atoms with Gasteiger partial charge in [-0.3, -0.25) is 0 Å². The van der Waals surface area contributed by atoms with Crippen molar-refractivity contribution in [2.45, 2.75) is 32.2 Å². The van der Waals surface area contributed by atoms with E-state index >= 15 is 0 Å². The van der Waals surface area contributed by atoms with Crippen molar-refractivity contribution in [1.29, 1.82) is 0 Å². The van der Waals surface area contributed by atoms with Crippen molar-refractivity contribution >= 4 is 17.3 Å². The molecule has 0 radical (unpaired) electrons. The van der Waals surface area contributed by atoms with Crippen LogP contribution in [0.2, 0.25) is 0 Å². The minimum Gasteiger partial charge on any atom is -0.461 e. The van der Waals surface area contributed by atoms with Crippen LogP contribution in [0, 0.1) is 6.92 Å². The first-order valence-electron chi connectivity index (χ1n) is 8.87. The van der Waals surface area contributed by atoms with Crippen LogP contribution in [-0.2, 0) is 4.74 Å². The summed E-state index contributed by atoms with van der Waals surface area (Å²) in [7, 11) is 0. The summed E-state index contributed by atoms with van der Waals surface area (Å²) >= 11 is 1.49. The number of carbonyl (C=O) groups is 1. The van der Waals surface area contributed by atoms with E-state index in [-0.39, 0.29) is 17.9 Å². The van der Waals surface area contributed by atoms with E-state index in [1.165, 1.54) is 11.3 Å². The van der Waals surface area contributed by atoms with Crippen molar-refractivity contribution in [3.63, 3.8) is 0 Å². The summed E-state index contributed by atoms with van der Waals surface area (Å²) in [5.74, 6) is 1.000. The predicted molar refractivity (Wildman–Crippen MR) is 101 cm³/mol. The molecule has 2 unspecified atom stereocenters. The van der Waals surface area contributed by atoms with Gasteiger partial charge in [0.05, 0.1) is 23.4 Å². The summed E-state index contributed by atoms with van der Waals surface area (Å²) in [4.78, 5) is 33.0. The van der Waals surface area contributed by atoms with Crippen molar-refractivity contribution in [1.82, 2.24) is 30.2 Å². The van der Waals surface area contributed by atoms with E-state index in [1.807, 2.05) is 13.0 Å². The minimum absolute atomic E-state index is 0.0154. The van der Waals surface area contributed by atoms with Crippen LogP contribution < -0.4 is 5.32 Å². The van der Waals surface area contributed by atoms with E-state index in [9.17, 15) is 4.79 Å². The van der Waals surface area contributed by atoms with E-state index in [1.54, 1.807) is 24.7 Å². The molecule has 0 bridgehead atoms. The number of nitrogens with zero attached hydrogens (tertiary/aromatic N) is 4. The molecule has 2 atom stereocenters. The van der Waals surface area contributed by atoms with Gasteiger partial charge < -0.3 is 15.0 Å². The van der Waals surface area contributed by atoms with Crippen LogP contribution in [0.25, 0.3) is 11.6 Å². The number of ether oxygens (including phenoxy) is 1. The smallest absolute Gasteiger partial charge is 0.357 e. The number of esters is 1. The van der Waals surface area contributed by atoms with Crippen molar-refractivity contribution in [3.8, 4) is 11.6 Å². The monoisotopic (exact) mass is 384 g/mol. The van der Waals surface area contributed by atoms with Gasteiger partial charge in [-0.2, -0.15) is 0 Å². The summed E-state index contributed by atoms with van der Waals surface area (Å²) in [6.07, 6.45) is 4.37. The zero-order valence-electron chi connectivity index (χ0n) is 15.1. The maximum Gasteiger partial charge on any atom is 0.357 e. The van der Waals surface area contributed by atoms with Crippen molar-refractivity contribution in [3.05, 3.63) is 45.9 Å². The number of aromatic amines is 1. The molecule has 4 rings (SSSR count). The summed E-state index contributed by atoms with van der Waals surface area (Å²) in [6, 6.07) is 2.00. The molecule has 3 aromatic heterocycles. The minimum atomic E-state index is -0.375. The van der Waals surface area contributed by atoms with E-state index in [4.69, 9.17) is 9.72 Å². The van der Waals surface area contributed by atoms with Crippen LogP contribution in [0.5, 0.6) is 0 Å². The largest absolute Gasteiger partial charge is 0.461 e. The number of hydrogen-bond acceptors (Lipinski definition) is 8. The maximum atomic E-state index is 11.9. The molecule has 2 N–H and O–H groups in total. The van der Waals surface area contributed by atoms with E-state index in [0.717, 1.165) is 29.4 Å². The van der Waals surface area contributed by atoms with Gasteiger partial charge in [0, 0.05) is 29.4 Å². The topological polar surface area (TPSA) is 106 Å². The van der Waals surface area contributed by atoms with Crippen LogP contribution in [0.1, 0.15) is 52.2 Å². The molecule has 0 aliphatic carbocycles. The molecule has 9 heteroatoms. The normalized spacial score (nSPS) is 19.3. The molecule has 8 nitrogen and oxygen atoms in total. The first kappa shape index (κ1) is 17.7. The Bertz CT molecular complexity index is 939. The zero-order valence-corrected chi connectivity index (χ0v) is 15.9. The Balaban J connectivity index is 1.63. The molecule has 1 aliphatic heterocycles. The second-order valence-corrected chi connectivity index (χ2v) is 7.20. The van der Waals surface area contributed by atoms with Gasteiger partial charge in [0.1, 0.15) is 0 Å². The standard InChI is InChI=1S/C18H20N6O2S/c1-3-26-18(25)13-9-27-17(24-13)11-4-5-19-14(11)12-8-10(2)22-16(23-12)15-20-6-7-21-15/h6-9,11,14,19H,3-5H2,1-2H3,(H,20,21). The third-order valence-corrected chi connectivity index (χ3v) is 5.43. The van der Waals surface area contributed by atoms with Gasteiger partial charge in [-0.15, -0.1) is 11.3 Å². The zero-order chi connectivity index (χ0) is 18.8. The van der Waals surface area contributed by atoms with E-state index in [0.29, 0.717) is 23.9 Å². The molecule has 1 aliphatic rings. The quantitative estimate of drug-likeness (QED) is 0.651. The molecule has 27 heavy (non-hydrogen) atoms. The first-order valence-corrected chi connectivity index (χ1v) is 9.75. The molecule has 1 fully saturated rings. The Kier molecular flexibility index (Phi) is 4.95. The van der Waals surface area contributed by atoms with Crippen LogP contribution >= 0.6 is 11.3 Å². The third-order valence-electron chi connectivity index (χ3n) is 4.45. The number of rotatable bonds is 5. The Hall–Kier alpha value is -2.65. The number of hydrogen-bond donors (Lipinski definition) is 2. The average Bonchev–Trinajstić information content (AvgIpc) is 3.41. The lowest BCUT2D eigenvalue weighted by Gasteiger charge is -2.18. The van der Waals surface area contributed by atoms with Crippen LogP contribution in [-0.4, -0.2) is 44.0 Å². The van der Waals surface area contributed by atoms with Gasteiger partial charge in [0.15, 0.2) is 17.3 Å². The Morgan fingerprint density at radius 3 is 3.04 bits per heavy atom. The molecule has 140 valence electrons. The van der Waals surface area contributed by atoms with E-state index < -0.39 is 0 Å². The molecule has 3 aromatic rings. The SMILES string of the molecule is CCOC(=O)c1csc(C2CCNC2c2cc(C)nc(-c3ncc[nH]3)n2)n1. The number of aromatic nitrogens is 5. The fraction of sp³-hybridized carbons (Fsp3) is 0.389.